The predicted molar refractivity (Wildman–Crippen MR) is 124 cm³/mol. The maximum Gasteiger partial charge on any atom is 0.301 e. The van der Waals surface area contributed by atoms with Gasteiger partial charge in [0.1, 0.15) is 16.5 Å². The van der Waals surface area contributed by atoms with Crippen LogP contribution in [0.2, 0.25) is 10.0 Å². The van der Waals surface area contributed by atoms with E-state index >= 15 is 0 Å². The van der Waals surface area contributed by atoms with E-state index in [4.69, 9.17) is 27.9 Å². The van der Waals surface area contributed by atoms with Gasteiger partial charge in [-0.3, -0.25) is 14.5 Å². The third-order valence-electron chi connectivity index (χ3n) is 4.86. The highest BCUT2D eigenvalue weighted by Crippen LogP contribution is 2.44. The van der Waals surface area contributed by atoms with E-state index in [1.165, 1.54) is 4.90 Å². The summed E-state index contributed by atoms with van der Waals surface area (Å²) in [6.45, 7) is 4.10. The molecule has 10 heteroatoms. The van der Waals surface area contributed by atoms with Crippen molar-refractivity contribution < 1.29 is 19.4 Å². The molecule has 1 fully saturated rings. The number of aliphatic hydroxyl groups excluding tert-OH is 1. The van der Waals surface area contributed by atoms with Gasteiger partial charge in [-0.05, 0) is 55.8 Å². The fraction of sp³-hybridized carbons (Fsp3) is 0.182. The first kappa shape index (κ1) is 22.3. The molecule has 1 N–H and O–H groups in total. The molecule has 1 aromatic heterocycles. The minimum absolute atomic E-state index is 0.0783. The van der Waals surface area contributed by atoms with Crippen LogP contribution < -0.4 is 9.64 Å². The maximum atomic E-state index is 13.1. The van der Waals surface area contributed by atoms with E-state index in [0.717, 1.165) is 11.3 Å². The van der Waals surface area contributed by atoms with Crippen molar-refractivity contribution in [2.45, 2.75) is 19.9 Å². The van der Waals surface area contributed by atoms with Gasteiger partial charge in [-0.1, -0.05) is 40.6 Å². The lowest BCUT2D eigenvalue weighted by Gasteiger charge is -2.23. The Balaban J connectivity index is 1.90. The van der Waals surface area contributed by atoms with E-state index in [1.807, 2.05) is 6.92 Å². The number of anilines is 1. The molecule has 1 aliphatic heterocycles. The van der Waals surface area contributed by atoms with E-state index in [1.54, 1.807) is 49.4 Å². The number of carbonyl (C=O) groups excluding carboxylic acids is 2. The van der Waals surface area contributed by atoms with Crippen LogP contribution in [-0.4, -0.2) is 33.6 Å². The molecule has 32 heavy (non-hydrogen) atoms. The molecule has 2 aromatic carbocycles. The minimum atomic E-state index is -0.955. The van der Waals surface area contributed by atoms with E-state index in [0.29, 0.717) is 33.5 Å². The lowest BCUT2D eigenvalue weighted by Crippen LogP contribution is -2.29. The second-order valence-electron chi connectivity index (χ2n) is 6.90. The standard InChI is InChI=1S/C22H17Cl2N3O4S/c1-3-31-14-7-4-12(5-8-14)19(28)17-18(13-6-9-15(23)16(24)10-13)27(21(30)20(17)29)22-26-25-11(2)32-22/h4-10,18,28H,3H2,1-2H3/t18-/m1/s1. The number of aryl methyl sites for hydroxylation is 1. The van der Waals surface area contributed by atoms with E-state index in [-0.39, 0.29) is 21.5 Å². The van der Waals surface area contributed by atoms with E-state index in [9.17, 15) is 14.7 Å². The molecule has 0 unspecified atom stereocenters. The highest BCUT2D eigenvalue weighted by atomic mass is 35.5. The summed E-state index contributed by atoms with van der Waals surface area (Å²) < 4.78 is 5.43. The van der Waals surface area contributed by atoms with Gasteiger partial charge in [0.05, 0.1) is 28.3 Å². The van der Waals surface area contributed by atoms with Gasteiger partial charge in [-0.25, -0.2) is 0 Å². The fourth-order valence-corrected chi connectivity index (χ4v) is 4.46. The molecule has 4 rings (SSSR count). The van der Waals surface area contributed by atoms with Crippen LogP contribution in [0.4, 0.5) is 5.13 Å². The second kappa shape index (κ2) is 8.90. The topological polar surface area (TPSA) is 92.6 Å². The predicted octanol–water partition coefficient (Wildman–Crippen LogP) is 5.18. The first-order valence-electron chi connectivity index (χ1n) is 9.61. The summed E-state index contributed by atoms with van der Waals surface area (Å²) >= 11 is 13.4. The van der Waals surface area contributed by atoms with Crippen molar-refractivity contribution in [1.29, 1.82) is 0 Å². The third kappa shape index (κ3) is 3.97. The maximum absolute atomic E-state index is 13.1. The first-order chi connectivity index (χ1) is 15.3. The Labute approximate surface area is 197 Å². The molecule has 3 aromatic rings. The quantitative estimate of drug-likeness (QED) is 0.301. The van der Waals surface area contributed by atoms with Gasteiger partial charge in [0.25, 0.3) is 5.78 Å². The number of ether oxygens (including phenoxy) is 1. The summed E-state index contributed by atoms with van der Waals surface area (Å²) in [5.74, 6) is -1.34. The molecule has 1 saturated heterocycles. The number of Topliss-reactive ketones (excluding diaryl/α,β-unsaturated/α-hetero) is 1. The smallest absolute Gasteiger partial charge is 0.301 e. The van der Waals surface area contributed by atoms with E-state index in [2.05, 4.69) is 10.2 Å². The van der Waals surface area contributed by atoms with Gasteiger partial charge in [0, 0.05) is 5.56 Å². The van der Waals surface area contributed by atoms with Crippen LogP contribution in [-0.2, 0) is 9.59 Å². The SMILES string of the molecule is CCOc1ccc(C(O)=C2C(=O)C(=O)N(c3nnc(C)s3)[C@@H]2c2ccc(Cl)c(Cl)c2)cc1. The number of amides is 1. The Morgan fingerprint density at radius 1 is 1.12 bits per heavy atom. The summed E-state index contributed by atoms with van der Waals surface area (Å²) in [6.07, 6.45) is 0. The Morgan fingerprint density at radius 2 is 1.84 bits per heavy atom. The minimum Gasteiger partial charge on any atom is -0.507 e. The Bertz CT molecular complexity index is 1240. The van der Waals surface area contributed by atoms with Gasteiger partial charge >= 0.3 is 5.91 Å². The van der Waals surface area contributed by atoms with Gasteiger partial charge < -0.3 is 9.84 Å². The van der Waals surface area contributed by atoms with Gasteiger partial charge in [-0.2, -0.15) is 0 Å². The van der Waals surface area contributed by atoms with Crippen molar-refractivity contribution in [3.63, 3.8) is 0 Å². The molecule has 0 radical (unpaired) electrons. The van der Waals surface area contributed by atoms with Crippen LogP contribution in [0, 0.1) is 6.92 Å². The molecule has 0 spiro atoms. The van der Waals surface area contributed by atoms with Crippen LogP contribution in [0.1, 0.15) is 29.1 Å². The molecule has 2 heterocycles. The monoisotopic (exact) mass is 489 g/mol. The molecule has 1 amide bonds. The Kier molecular flexibility index (Phi) is 6.19. The number of hydrogen-bond acceptors (Lipinski definition) is 7. The summed E-state index contributed by atoms with van der Waals surface area (Å²) in [4.78, 5) is 27.3. The van der Waals surface area contributed by atoms with Crippen LogP contribution in [0.5, 0.6) is 5.75 Å². The molecular formula is C22H17Cl2N3O4S. The van der Waals surface area contributed by atoms with Crippen LogP contribution >= 0.6 is 34.5 Å². The van der Waals surface area contributed by atoms with Gasteiger partial charge in [0.2, 0.25) is 5.13 Å². The number of aliphatic hydroxyl groups is 1. The number of aromatic nitrogens is 2. The number of benzene rings is 2. The zero-order valence-electron chi connectivity index (χ0n) is 17.0. The number of carbonyl (C=O) groups is 2. The average Bonchev–Trinajstić information content (AvgIpc) is 3.31. The lowest BCUT2D eigenvalue weighted by molar-refractivity contribution is -0.132. The van der Waals surface area contributed by atoms with Crippen molar-refractivity contribution in [2.75, 3.05) is 11.5 Å². The van der Waals surface area contributed by atoms with Crippen molar-refractivity contribution in [3.05, 3.63) is 74.2 Å². The first-order valence-corrected chi connectivity index (χ1v) is 11.2. The van der Waals surface area contributed by atoms with Crippen molar-refractivity contribution in [3.8, 4) is 5.75 Å². The zero-order chi connectivity index (χ0) is 23.0. The summed E-state index contributed by atoms with van der Waals surface area (Å²) in [5.41, 5.74) is 0.786. The van der Waals surface area contributed by atoms with Gasteiger partial charge in [0.15, 0.2) is 0 Å². The molecule has 0 saturated carbocycles. The lowest BCUT2D eigenvalue weighted by atomic mass is 9.95. The summed E-state index contributed by atoms with van der Waals surface area (Å²) in [6, 6.07) is 10.4. The molecular weight excluding hydrogens is 473 g/mol. The molecule has 0 bridgehead atoms. The number of ketones is 1. The summed E-state index contributed by atoms with van der Waals surface area (Å²) in [5, 5.41) is 20.5. The highest BCUT2D eigenvalue weighted by molar-refractivity contribution is 7.15. The highest BCUT2D eigenvalue weighted by Gasteiger charge is 2.48. The third-order valence-corrected chi connectivity index (χ3v) is 6.44. The summed E-state index contributed by atoms with van der Waals surface area (Å²) in [7, 11) is 0. The van der Waals surface area contributed by atoms with Crippen molar-refractivity contribution in [2.24, 2.45) is 0 Å². The number of hydrogen-bond donors (Lipinski definition) is 1. The second-order valence-corrected chi connectivity index (χ2v) is 8.88. The molecule has 0 aliphatic carbocycles. The number of halogens is 2. The number of rotatable bonds is 5. The van der Waals surface area contributed by atoms with Crippen molar-refractivity contribution in [1.82, 2.24) is 10.2 Å². The molecule has 164 valence electrons. The molecule has 1 aliphatic rings. The number of nitrogens with zero attached hydrogens (tertiary/aromatic N) is 3. The fourth-order valence-electron chi connectivity index (χ4n) is 3.44. The van der Waals surface area contributed by atoms with Crippen molar-refractivity contribution >= 4 is 57.1 Å². The Morgan fingerprint density at radius 3 is 2.44 bits per heavy atom. The average molecular weight is 490 g/mol. The largest absolute Gasteiger partial charge is 0.507 e. The zero-order valence-corrected chi connectivity index (χ0v) is 19.3. The normalized spacial score (nSPS) is 17.8. The van der Waals surface area contributed by atoms with Crippen LogP contribution in [0.25, 0.3) is 5.76 Å². The van der Waals surface area contributed by atoms with Crippen LogP contribution in [0.15, 0.2) is 48.0 Å². The van der Waals surface area contributed by atoms with Gasteiger partial charge in [-0.15, -0.1) is 10.2 Å². The molecule has 1 atom stereocenters. The van der Waals surface area contributed by atoms with E-state index < -0.39 is 17.7 Å². The van der Waals surface area contributed by atoms with Crippen LogP contribution in [0.3, 0.4) is 0 Å². The molecule has 7 nitrogen and oxygen atoms in total. The Hall–Kier alpha value is -2.94.